The summed E-state index contributed by atoms with van der Waals surface area (Å²) in [6.07, 6.45) is 0.265. The van der Waals surface area contributed by atoms with Crippen LogP contribution in [0.5, 0.6) is 0 Å². The molecule has 0 aliphatic carbocycles. The molecular weight excluding hydrogens is 224 g/mol. The van der Waals surface area contributed by atoms with Crippen LogP contribution in [0.15, 0.2) is 0 Å². The van der Waals surface area contributed by atoms with Gasteiger partial charge in [0.25, 0.3) is 6.43 Å². The predicted octanol–water partition coefficient (Wildman–Crippen LogP) is 0.963. The molecule has 100 valence electrons. The van der Waals surface area contributed by atoms with E-state index in [0.717, 1.165) is 26.2 Å². The minimum Gasteiger partial charge on any atom is -0.306 e. The number of nitrogens with zero attached hydrogens (tertiary/aromatic N) is 3. The molecule has 2 heterocycles. The van der Waals surface area contributed by atoms with E-state index in [1.54, 1.807) is 0 Å². The lowest BCUT2D eigenvalue weighted by Crippen LogP contribution is -2.53. The molecule has 0 unspecified atom stereocenters. The quantitative estimate of drug-likeness (QED) is 0.735. The van der Waals surface area contributed by atoms with Gasteiger partial charge >= 0.3 is 0 Å². The lowest BCUT2D eigenvalue weighted by Gasteiger charge is -2.42. The van der Waals surface area contributed by atoms with Crippen molar-refractivity contribution in [2.75, 3.05) is 52.9 Å². The summed E-state index contributed by atoms with van der Waals surface area (Å²) in [5, 5.41) is 0. The standard InChI is InChI=1S/C12H23F2N3/c1-15-4-2-11(3-5-15)17-8-6-16(7-9-17)10-12(13)14/h11-12H,2-10H2,1H3. The third-order valence-corrected chi connectivity index (χ3v) is 4.01. The highest BCUT2D eigenvalue weighted by Gasteiger charge is 2.27. The molecule has 0 saturated carbocycles. The first kappa shape index (κ1) is 13.2. The normalized spacial score (nSPS) is 26.8. The molecule has 2 aliphatic rings. The third-order valence-electron chi connectivity index (χ3n) is 4.01. The lowest BCUT2D eigenvalue weighted by atomic mass is 10.0. The highest BCUT2D eigenvalue weighted by molar-refractivity contribution is 4.82. The van der Waals surface area contributed by atoms with Crippen LogP contribution in [-0.2, 0) is 0 Å². The second-order valence-electron chi connectivity index (χ2n) is 5.26. The third kappa shape index (κ3) is 3.86. The van der Waals surface area contributed by atoms with E-state index in [9.17, 15) is 8.78 Å². The molecule has 0 bridgehead atoms. The summed E-state index contributed by atoms with van der Waals surface area (Å²) in [7, 11) is 2.16. The minimum atomic E-state index is -2.19. The minimum absolute atomic E-state index is 0.0543. The summed E-state index contributed by atoms with van der Waals surface area (Å²) in [4.78, 5) is 6.74. The van der Waals surface area contributed by atoms with Gasteiger partial charge in [0.15, 0.2) is 0 Å². The fourth-order valence-electron chi connectivity index (χ4n) is 2.87. The van der Waals surface area contributed by atoms with Crippen LogP contribution in [0.2, 0.25) is 0 Å². The number of halogens is 2. The first-order valence-corrected chi connectivity index (χ1v) is 6.58. The number of alkyl halides is 2. The van der Waals surface area contributed by atoms with Crippen LogP contribution in [0.25, 0.3) is 0 Å². The van der Waals surface area contributed by atoms with Crippen molar-refractivity contribution in [3.05, 3.63) is 0 Å². The molecule has 3 nitrogen and oxygen atoms in total. The zero-order chi connectivity index (χ0) is 12.3. The van der Waals surface area contributed by atoms with Gasteiger partial charge in [-0.3, -0.25) is 9.80 Å². The van der Waals surface area contributed by atoms with Crippen LogP contribution >= 0.6 is 0 Å². The van der Waals surface area contributed by atoms with E-state index in [2.05, 4.69) is 16.8 Å². The second kappa shape index (κ2) is 6.07. The van der Waals surface area contributed by atoms with Gasteiger partial charge in [-0.15, -0.1) is 0 Å². The van der Waals surface area contributed by atoms with Crippen molar-refractivity contribution in [3.63, 3.8) is 0 Å². The van der Waals surface area contributed by atoms with Crippen molar-refractivity contribution >= 4 is 0 Å². The SMILES string of the molecule is CN1CCC(N2CCN(CC(F)F)CC2)CC1. The molecular formula is C12H23F2N3. The lowest BCUT2D eigenvalue weighted by molar-refractivity contribution is 0.0311. The Morgan fingerprint density at radius 2 is 1.59 bits per heavy atom. The van der Waals surface area contributed by atoms with Crippen LogP contribution in [0.3, 0.4) is 0 Å². The molecule has 0 aromatic rings. The Kier molecular flexibility index (Phi) is 4.70. The molecule has 2 rings (SSSR count). The Balaban J connectivity index is 1.71. The fraction of sp³-hybridized carbons (Fsp3) is 1.00. The smallest absolute Gasteiger partial charge is 0.251 e. The molecule has 17 heavy (non-hydrogen) atoms. The van der Waals surface area contributed by atoms with Gasteiger partial charge in [0.2, 0.25) is 0 Å². The van der Waals surface area contributed by atoms with Crippen LogP contribution < -0.4 is 0 Å². The first-order valence-electron chi connectivity index (χ1n) is 6.58. The summed E-state index contributed by atoms with van der Waals surface area (Å²) in [5.41, 5.74) is 0. The highest BCUT2D eigenvalue weighted by Crippen LogP contribution is 2.17. The monoisotopic (exact) mass is 247 g/mol. The van der Waals surface area contributed by atoms with E-state index in [4.69, 9.17) is 0 Å². The number of rotatable bonds is 3. The van der Waals surface area contributed by atoms with Gasteiger partial charge in [-0.05, 0) is 33.0 Å². The number of hydrogen-bond acceptors (Lipinski definition) is 3. The van der Waals surface area contributed by atoms with E-state index in [1.807, 2.05) is 4.90 Å². The van der Waals surface area contributed by atoms with Crippen molar-refractivity contribution in [1.82, 2.24) is 14.7 Å². The number of hydrogen-bond donors (Lipinski definition) is 0. The summed E-state index contributed by atoms with van der Waals surface area (Å²) >= 11 is 0. The largest absolute Gasteiger partial charge is 0.306 e. The summed E-state index contributed by atoms with van der Waals surface area (Å²) in [6.45, 7) is 5.81. The Morgan fingerprint density at radius 3 is 2.12 bits per heavy atom. The van der Waals surface area contributed by atoms with Gasteiger partial charge < -0.3 is 4.90 Å². The topological polar surface area (TPSA) is 9.72 Å². The molecule has 5 heteroatoms. The number of piperazine rings is 1. The van der Waals surface area contributed by atoms with Crippen molar-refractivity contribution in [3.8, 4) is 0 Å². The molecule has 0 atom stereocenters. The zero-order valence-corrected chi connectivity index (χ0v) is 10.6. The van der Waals surface area contributed by atoms with E-state index >= 15 is 0 Å². The van der Waals surface area contributed by atoms with Gasteiger partial charge in [0.05, 0.1) is 6.54 Å². The molecule has 0 amide bonds. The summed E-state index contributed by atoms with van der Waals surface area (Å²) < 4.78 is 24.5. The predicted molar refractivity (Wildman–Crippen MR) is 64.5 cm³/mol. The van der Waals surface area contributed by atoms with Crippen molar-refractivity contribution < 1.29 is 8.78 Å². The molecule has 2 saturated heterocycles. The fourth-order valence-corrected chi connectivity index (χ4v) is 2.87. The Labute approximate surface area is 102 Å². The molecule has 0 N–H and O–H groups in total. The maximum atomic E-state index is 12.3. The molecule has 0 radical (unpaired) electrons. The molecule has 2 fully saturated rings. The van der Waals surface area contributed by atoms with Crippen LogP contribution in [0, 0.1) is 0 Å². The van der Waals surface area contributed by atoms with Gasteiger partial charge in [-0.2, -0.15) is 0 Å². The van der Waals surface area contributed by atoms with E-state index < -0.39 is 6.43 Å². The van der Waals surface area contributed by atoms with Gasteiger partial charge in [-0.25, -0.2) is 8.78 Å². The second-order valence-corrected chi connectivity index (χ2v) is 5.26. The number of piperidine rings is 1. The van der Waals surface area contributed by atoms with E-state index in [1.165, 1.54) is 25.9 Å². The van der Waals surface area contributed by atoms with Gasteiger partial charge in [-0.1, -0.05) is 0 Å². The zero-order valence-electron chi connectivity index (χ0n) is 10.6. The van der Waals surface area contributed by atoms with Crippen molar-refractivity contribution in [2.45, 2.75) is 25.3 Å². The van der Waals surface area contributed by atoms with Crippen molar-refractivity contribution in [2.24, 2.45) is 0 Å². The Morgan fingerprint density at radius 1 is 1.00 bits per heavy atom. The maximum Gasteiger partial charge on any atom is 0.251 e. The Hall–Kier alpha value is -0.260. The Bertz CT molecular complexity index is 222. The maximum absolute atomic E-state index is 12.3. The molecule has 2 aliphatic heterocycles. The summed E-state index contributed by atoms with van der Waals surface area (Å²) in [5.74, 6) is 0. The highest BCUT2D eigenvalue weighted by atomic mass is 19.3. The van der Waals surface area contributed by atoms with Gasteiger partial charge in [0.1, 0.15) is 0 Å². The average molecular weight is 247 g/mol. The average Bonchev–Trinajstić information content (AvgIpc) is 2.30. The molecule has 0 aromatic heterocycles. The van der Waals surface area contributed by atoms with E-state index in [-0.39, 0.29) is 6.54 Å². The van der Waals surface area contributed by atoms with Gasteiger partial charge in [0, 0.05) is 32.2 Å². The van der Waals surface area contributed by atoms with Crippen LogP contribution in [0.4, 0.5) is 8.78 Å². The van der Waals surface area contributed by atoms with Crippen molar-refractivity contribution in [1.29, 1.82) is 0 Å². The first-order chi connectivity index (χ1) is 8.15. The number of likely N-dealkylation sites (tertiary alicyclic amines) is 1. The summed E-state index contributed by atoms with van der Waals surface area (Å²) in [6, 6.07) is 0.680. The van der Waals surface area contributed by atoms with Crippen LogP contribution in [-0.4, -0.2) is 80.0 Å². The molecule has 0 aromatic carbocycles. The van der Waals surface area contributed by atoms with Crippen LogP contribution in [0.1, 0.15) is 12.8 Å². The van der Waals surface area contributed by atoms with E-state index in [0.29, 0.717) is 6.04 Å². The molecule has 0 spiro atoms.